The Labute approximate surface area is 108 Å². The van der Waals surface area contributed by atoms with Crippen LogP contribution in [0.4, 0.5) is 0 Å². The minimum absolute atomic E-state index is 0.0290. The molecule has 0 bridgehead atoms. The third-order valence-corrected chi connectivity index (χ3v) is 2.08. The zero-order chi connectivity index (χ0) is 15.0. The number of rotatable bonds is 8. The van der Waals surface area contributed by atoms with Gasteiger partial charge in [-0.3, -0.25) is 9.59 Å². The molecule has 9 nitrogen and oxygen atoms in total. The lowest BCUT2D eigenvalue weighted by atomic mass is 10.1. The molecular formula is C10H16N2O7. The number of ether oxygens (including phenoxy) is 1. The molecule has 0 spiro atoms. The van der Waals surface area contributed by atoms with Crippen LogP contribution in [0.25, 0.3) is 0 Å². The van der Waals surface area contributed by atoms with Gasteiger partial charge in [-0.15, -0.1) is 0 Å². The standard InChI is InChI=1S/C10H16N2O7/c1-2-19-10(18)7(11)8(15)12-5(9(16)17)3-4-6(13)14/h5,7H,2-4,11H2,1H3,(H,12,15)(H,13,14)(H,16,17). The Hall–Kier alpha value is -2.16. The highest BCUT2D eigenvalue weighted by Gasteiger charge is 2.28. The molecule has 0 aromatic carbocycles. The molecule has 0 radical (unpaired) electrons. The van der Waals surface area contributed by atoms with E-state index in [0.717, 1.165) is 0 Å². The van der Waals surface area contributed by atoms with Crippen LogP contribution >= 0.6 is 0 Å². The van der Waals surface area contributed by atoms with E-state index in [1.165, 1.54) is 6.92 Å². The van der Waals surface area contributed by atoms with Crippen molar-refractivity contribution in [1.29, 1.82) is 0 Å². The van der Waals surface area contributed by atoms with Crippen LogP contribution in [0, 0.1) is 0 Å². The number of esters is 1. The molecule has 0 fully saturated rings. The number of nitrogens with one attached hydrogen (secondary N) is 1. The van der Waals surface area contributed by atoms with E-state index in [1.54, 1.807) is 0 Å². The summed E-state index contributed by atoms with van der Waals surface area (Å²) in [6, 6.07) is -3.07. The third kappa shape index (κ3) is 6.36. The highest BCUT2D eigenvalue weighted by atomic mass is 16.5. The second-order valence-electron chi connectivity index (χ2n) is 3.56. The monoisotopic (exact) mass is 276 g/mol. The molecule has 0 saturated heterocycles. The second kappa shape index (κ2) is 8.03. The summed E-state index contributed by atoms with van der Waals surface area (Å²) in [5.74, 6) is -4.63. The molecule has 1 amide bonds. The van der Waals surface area contributed by atoms with Gasteiger partial charge in [0.25, 0.3) is 0 Å². The molecule has 19 heavy (non-hydrogen) atoms. The normalized spacial score (nSPS) is 13.2. The first kappa shape index (κ1) is 16.8. The molecule has 0 saturated carbocycles. The van der Waals surface area contributed by atoms with Gasteiger partial charge in [-0.25, -0.2) is 9.59 Å². The van der Waals surface area contributed by atoms with E-state index in [-0.39, 0.29) is 13.0 Å². The van der Waals surface area contributed by atoms with E-state index in [1.807, 2.05) is 5.32 Å². The second-order valence-corrected chi connectivity index (χ2v) is 3.56. The van der Waals surface area contributed by atoms with E-state index in [0.29, 0.717) is 0 Å². The molecule has 0 heterocycles. The fourth-order valence-corrected chi connectivity index (χ4v) is 1.13. The average molecular weight is 276 g/mol. The Morgan fingerprint density at radius 1 is 1.26 bits per heavy atom. The molecule has 9 heteroatoms. The fraction of sp³-hybridized carbons (Fsp3) is 0.600. The summed E-state index contributed by atoms with van der Waals surface area (Å²) in [4.78, 5) is 43.8. The molecule has 108 valence electrons. The average Bonchev–Trinajstić information content (AvgIpc) is 2.32. The van der Waals surface area contributed by atoms with Crippen molar-refractivity contribution < 1.29 is 34.1 Å². The predicted octanol–water partition coefficient (Wildman–Crippen LogP) is -1.69. The first-order valence-electron chi connectivity index (χ1n) is 5.46. The highest BCUT2D eigenvalue weighted by Crippen LogP contribution is 1.99. The fourth-order valence-electron chi connectivity index (χ4n) is 1.13. The maximum Gasteiger partial charge on any atom is 0.332 e. The van der Waals surface area contributed by atoms with E-state index in [2.05, 4.69) is 4.74 Å². The Balaban J connectivity index is 4.50. The molecule has 0 aliphatic heterocycles. The number of hydrogen-bond donors (Lipinski definition) is 4. The summed E-state index contributed by atoms with van der Waals surface area (Å²) < 4.78 is 4.50. The number of hydrogen-bond acceptors (Lipinski definition) is 6. The minimum Gasteiger partial charge on any atom is -0.481 e. The van der Waals surface area contributed by atoms with Crippen LogP contribution in [0.2, 0.25) is 0 Å². The summed E-state index contributed by atoms with van der Waals surface area (Å²) in [6.45, 7) is 1.55. The van der Waals surface area contributed by atoms with Gasteiger partial charge >= 0.3 is 17.9 Å². The van der Waals surface area contributed by atoms with Gasteiger partial charge in [0.15, 0.2) is 6.04 Å². The van der Waals surface area contributed by atoms with Crippen LogP contribution < -0.4 is 11.1 Å². The lowest BCUT2D eigenvalue weighted by Crippen LogP contribution is -2.52. The van der Waals surface area contributed by atoms with Crippen molar-refractivity contribution >= 4 is 23.8 Å². The summed E-state index contributed by atoms with van der Waals surface area (Å²) >= 11 is 0. The molecular weight excluding hydrogens is 260 g/mol. The maximum atomic E-state index is 11.5. The molecule has 0 aliphatic carbocycles. The van der Waals surface area contributed by atoms with Gasteiger partial charge in [0.1, 0.15) is 6.04 Å². The van der Waals surface area contributed by atoms with Gasteiger partial charge in [0.05, 0.1) is 6.61 Å². The Bertz CT molecular complexity index is 369. The van der Waals surface area contributed by atoms with Crippen LogP contribution in [0.1, 0.15) is 19.8 Å². The van der Waals surface area contributed by atoms with Crippen LogP contribution in [0.5, 0.6) is 0 Å². The van der Waals surface area contributed by atoms with Crippen molar-refractivity contribution in [2.45, 2.75) is 31.8 Å². The van der Waals surface area contributed by atoms with Crippen LogP contribution in [0.3, 0.4) is 0 Å². The van der Waals surface area contributed by atoms with Gasteiger partial charge in [0, 0.05) is 6.42 Å². The SMILES string of the molecule is CCOC(=O)C(N)C(=O)NC(CCC(=O)O)C(=O)O. The number of aliphatic carboxylic acids is 2. The molecule has 0 aromatic heterocycles. The van der Waals surface area contributed by atoms with Gasteiger partial charge in [-0.05, 0) is 13.3 Å². The highest BCUT2D eigenvalue weighted by molar-refractivity contribution is 6.02. The van der Waals surface area contributed by atoms with E-state index in [4.69, 9.17) is 15.9 Å². The summed E-state index contributed by atoms with van der Waals surface area (Å²) in [5, 5.41) is 19.2. The molecule has 2 atom stereocenters. The number of carboxylic acid groups (broad SMARTS) is 2. The smallest absolute Gasteiger partial charge is 0.332 e. The van der Waals surface area contributed by atoms with Crippen LogP contribution in [-0.4, -0.2) is 52.7 Å². The quantitative estimate of drug-likeness (QED) is 0.302. The van der Waals surface area contributed by atoms with Crippen molar-refractivity contribution in [1.82, 2.24) is 5.32 Å². The van der Waals surface area contributed by atoms with Gasteiger partial charge in [0.2, 0.25) is 5.91 Å². The zero-order valence-corrected chi connectivity index (χ0v) is 10.3. The molecule has 5 N–H and O–H groups in total. The molecule has 2 unspecified atom stereocenters. The number of carbonyl (C=O) groups is 4. The van der Waals surface area contributed by atoms with Crippen LogP contribution in [0.15, 0.2) is 0 Å². The van der Waals surface area contributed by atoms with Crippen LogP contribution in [-0.2, 0) is 23.9 Å². The van der Waals surface area contributed by atoms with Gasteiger partial charge < -0.3 is 26.0 Å². The Morgan fingerprint density at radius 2 is 1.84 bits per heavy atom. The summed E-state index contributed by atoms with van der Waals surface area (Å²) in [5.41, 5.74) is 5.26. The minimum atomic E-state index is -1.65. The van der Waals surface area contributed by atoms with E-state index < -0.39 is 42.3 Å². The lowest BCUT2D eigenvalue weighted by Gasteiger charge is -2.16. The zero-order valence-electron chi connectivity index (χ0n) is 10.3. The van der Waals surface area contributed by atoms with Crippen molar-refractivity contribution in [3.8, 4) is 0 Å². The Kier molecular flexibility index (Phi) is 7.12. The van der Waals surface area contributed by atoms with Gasteiger partial charge in [-0.2, -0.15) is 0 Å². The maximum absolute atomic E-state index is 11.5. The lowest BCUT2D eigenvalue weighted by molar-refractivity contribution is -0.150. The van der Waals surface area contributed by atoms with Crippen molar-refractivity contribution in [2.24, 2.45) is 5.73 Å². The number of carbonyl (C=O) groups excluding carboxylic acids is 2. The number of carboxylic acids is 2. The first-order valence-corrected chi connectivity index (χ1v) is 5.46. The third-order valence-electron chi connectivity index (χ3n) is 2.08. The van der Waals surface area contributed by atoms with Crippen molar-refractivity contribution in [3.63, 3.8) is 0 Å². The topological polar surface area (TPSA) is 156 Å². The Morgan fingerprint density at radius 3 is 2.26 bits per heavy atom. The van der Waals surface area contributed by atoms with E-state index >= 15 is 0 Å². The number of nitrogens with two attached hydrogens (primary N) is 1. The summed E-state index contributed by atoms with van der Waals surface area (Å²) in [7, 11) is 0. The summed E-state index contributed by atoms with van der Waals surface area (Å²) in [6.07, 6.45) is -0.752. The van der Waals surface area contributed by atoms with Crippen molar-refractivity contribution in [3.05, 3.63) is 0 Å². The predicted molar refractivity (Wildman–Crippen MR) is 61.0 cm³/mol. The van der Waals surface area contributed by atoms with Crippen molar-refractivity contribution in [2.75, 3.05) is 6.61 Å². The van der Waals surface area contributed by atoms with E-state index in [9.17, 15) is 19.2 Å². The van der Waals surface area contributed by atoms with Gasteiger partial charge in [-0.1, -0.05) is 0 Å². The largest absolute Gasteiger partial charge is 0.481 e. The number of amides is 1. The molecule has 0 aromatic rings. The molecule has 0 aliphatic rings. The first-order chi connectivity index (χ1) is 8.79. The molecule has 0 rings (SSSR count).